The van der Waals surface area contributed by atoms with Gasteiger partial charge in [0.05, 0.1) is 11.9 Å². The molecule has 3 aromatic carbocycles. The molecule has 0 aromatic heterocycles. The topological polar surface area (TPSA) is 86.8 Å². The number of nitrogens with one attached hydrogen (secondary N) is 1. The summed E-state index contributed by atoms with van der Waals surface area (Å²) in [6.07, 6.45) is 1.29. The number of rotatable bonds is 12. The van der Waals surface area contributed by atoms with Crippen LogP contribution in [-0.4, -0.2) is 50.5 Å². The minimum Gasteiger partial charge on any atom is -0.354 e. The SMILES string of the molecule is Cc1cc(C)cc(N(CC(=O)N(Cc2ccc(Cl)cc2Cl)[C@H](Cc2ccccc2)C(=O)NCC(C)C)S(C)(=O)=O)c1. The van der Waals surface area contributed by atoms with Crippen LogP contribution < -0.4 is 9.62 Å². The first-order valence-electron chi connectivity index (χ1n) is 13.4. The summed E-state index contributed by atoms with van der Waals surface area (Å²) in [5.41, 5.74) is 3.54. The highest BCUT2D eigenvalue weighted by Crippen LogP contribution is 2.26. The Bertz CT molecular complexity index is 1460. The van der Waals surface area contributed by atoms with Crippen molar-refractivity contribution in [2.24, 2.45) is 5.92 Å². The molecule has 1 atom stereocenters. The Morgan fingerprint density at radius 3 is 2.12 bits per heavy atom. The molecule has 0 heterocycles. The molecule has 1 N–H and O–H groups in total. The van der Waals surface area contributed by atoms with Crippen molar-refractivity contribution >= 4 is 50.7 Å². The summed E-state index contributed by atoms with van der Waals surface area (Å²) in [5, 5.41) is 3.73. The van der Waals surface area contributed by atoms with E-state index < -0.39 is 28.5 Å². The van der Waals surface area contributed by atoms with Gasteiger partial charge in [0.1, 0.15) is 12.6 Å². The molecule has 41 heavy (non-hydrogen) atoms. The summed E-state index contributed by atoms with van der Waals surface area (Å²) in [6.45, 7) is 7.60. The summed E-state index contributed by atoms with van der Waals surface area (Å²) >= 11 is 12.6. The first kappa shape index (κ1) is 32.4. The summed E-state index contributed by atoms with van der Waals surface area (Å²) in [5.74, 6) is -0.684. The third-order valence-corrected chi connectivity index (χ3v) is 8.21. The van der Waals surface area contributed by atoms with Crippen LogP contribution in [0.4, 0.5) is 5.69 Å². The van der Waals surface area contributed by atoms with E-state index in [1.54, 1.807) is 30.3 Å². The lowest BCUT2D eigenvalue weighted by molar-refractivity contribution is -0.140. The minimum absolute atomic E-state index is 0.0219. The molecule has 0 aliphatic carbocycles. The molecule has 0 fully saturated rings. The highest BCUT2D eigenvalue weighted by atomic mass is 35.5. The fourth-order valence-electron chi connectivity index (χ4n) is 4.52. The van der Waals surface area contributed by atoms with Crippen molar-refractivity contribution in [2.75, 3.05) is 23.7 Å². The van der Waals surface area contributed by atoms with E-state index >= 15 is 0 Å². The maximum absolute atomic E-state index is 14.2. The van der Waals surface area contributed by atoms with Crippen LogP contribution in [0.15, 0.2) is 66.7 Å². The standard InChI is InChI=1S/C31H37Cl2N3O4S/c1-21(2)18-34-31(38)29(16-24-9-7-6-8-10-24)35(19-25-11-12-26(32)17-28(25)33)30(37)20-36(41(5,39)40)27-14-22(3)13-23(4)15-27/h6-15,17,21,29H,16,18-20H2,1-5H3,(H,34,38)/t29-/m1/s1. The van der Waals surface area contributed by atoms with Gasteiger partial charge >= 0.3 is 0 Å². The molecule has 0 saturated heterocycles. The number of halogens is 2. The molecular weight excluding hydrogens is 581 g/mol. The van der Waals surface area contributed by atoms with Crippen LogP contribution in [-0.2, 0) is 32.6 Å². The highest BCUT2D eigenvalue weighted by molar-refractivity contribution is 7.92. The van der Waals surface area contributed by atoms with E-state index in [2.05, 4.69) is 5.32 Å². The van der Waals surface area contributed by atoms with E-state index in [0.29, 0.717) is 27.8 Å². The molecule has 3 aromatic rings. The number of benzene rings is 3. The molecule has 0 bridgehead atoms. The smallest absolute Gasteiger partial charge is 0.244 e. The van der Waals surface area contributed by atoms with Gasteiger partial charge in [-0.1, -0.05) is 79.5 Å². The second kappa shape index (κ2) is 14.2. The van der Waals surface area contributed by atoms with Gasteiger partial charge in [-0.05, 0) is 66.3 Å². The maximum atomic E-state index is 14.2. The Kier molecular flexibility index (Phi) is 11.2. The predicted molar refractivity (Wildman–Crippen MR) is 167 cm³/mol. The number of nitrogens with zero attached hydrogens (tertiary/aromatic N) is 2. The summed E-state index contributed by atoms with van der Waals surface area (Å²) < 4.78 is 27.0. The van der Waals surface area contributed by atoms with Gasteiger partial charge in [-0.25, -0.2) is 8.42 Å². The fourth-order valence-corrected chi connectivity index (χ4v) is 5.82. The number of aryl methyl sites for hydroxylation is 2. The van der Waals surface area contributed by atoms with Crippen molar-refractivity contribution in [1.82, 2.24) is 10.2 Å². The molecule has 10 heteroatoms. The normalized spacial score (nSPS) is 12.2. The molecule has 0 unspecified atom stereocenters. The molecule has 3 rings (SSSR count). The molecule has 0 spiro atoms. The Labute approximate surface area is 253 Å². The number of anilines is 1. The minimum atomic E-state index is -3.85. The first-order valence-corrected chi connectivity index (χ1v) is 16.0. The molecule has 7 nitrogen and oxygen atoms in total. The van der Waals surface area contributed by atoms with Crippen molar-refractivity contribution in [1.29, 1.82) is 0 Å². The van der Waals surface area contributed by atoms with Gasteiger partial charge in [0.25, 0.3) is 0 Å². The third kappa shape index (κ3) is 9.48. The number of hydrogen-bond acceptors (Lipinski definition) is 4. The fraction of sp³-hybridized carbons (Fsp3) is 0.355. The van der Waals surface area contributed by atoms with Crippen LogP contribution in [0.1, 0.15) is 36.1 Å². The van der Waals surface area contributed by atoms with Gasteiger partial charge in [0.2, 0.25) is 21.8 Å². The predicted octanol–water partition coefficient (Wildman–Crippen LogP) is 5.79. The van der Waals surface area contributed by atoms with Crippen molar-refractivity contribution in [3.05, 3.63) is 99.0 Å². The second-order valence-corrected chi connectivity index (χ2v) is 13.5. The van der Waals surface area contributed by atoms with Gasteiger partial charge in [0.15, 0.2) is 0 Å². The quantitative estimate of drug-likeness (QED) is 0.279. The van der Waals surface area contributed by atoms with Crippen LogP contribution in [0.2, 0.25) is 10.0 Å². The Morgan fingerprint density at radius 1 is 0.927 bits per heavy atom. The first-order chi connectivity index (χ1) is 19.2. The average Bonchev–Trinajstić information content (AvgIpc) is 2.88. The van der Waals surface area contributed by atoms with Crippen molar-refractivity contribution in [3.8, 4) is 0 Å². The van der Waals surface area contributed by atoms with Crippen LogP contribution in [0, 0.1) is 19.8 Å². The van der Waals surface area contributed by atoms with E-state index in [9.17, 15) is 18.0 Å². The Hall–Kier alpha value is -3.07. The number of carbonyl (C=O) groups is 2. The van der Waals surface area contributed by atoms with Crippen LogP contribution >= 0.6 is 23.2 Å². The van der Waals surface area contributed by atoms with Crippen LogP contribution in [0.5, 0.6) is 0 Å². The van der Waals surface area contributed by atoms with E-state index in [-0.39, 0.29) is 24.8 Å². The van der Waals surface area contributed by atoms with Crippen molar-refractivity contribution in [2.45, 2.75) is 46.7 Å². The molecule has 0 saturated carbocycles. The van der Waals surface area contributed by atoms with Gasteiger partial charge in [0, 0.05) is 29.6 Å². The van der Waals surface area contributed by atoms with E-state index in [1.807, 2.05) is 64.1 Å². The lowest BCUT2D eigenvalue weighted by atomic mass is 10.0. The molecular formula is C31H37Cl2N3O4S. The lowest BCUT2D eigenvalue weighted by Gasteiger charge is -2.34. The van der Waals surface area contributed by atoms with Crippen LogP contribution in [0.25, 0.3) is 0 Å². The van der Waals surface area contributed by atoms with Gasteiger partial charge in [-0.2, -0.15) is 0 Å². The monoisotopic (exact) mass is 617 g/mol. The Balaban J connectivity index is 2.09. The number of carbonyl (C=O) groups excluding carboxylic acids is 2. The molecule has 0 aliphatic heterocycles. The largest absolute Gasteiger partial charge is 0.354 e. The van der Waals surface area contributed by atoms with Crippen LogP contribution in [0.3, 0.4) is 0 Å². The third-order valence-electron chi connectivity index (χ3n) is 6.49. The summed E-state index contributed by atoms with van der Waals surface area (Å²) in [7, 11) is -3.85. The number of sulfonamides is 1. The zero-order chi connectivity index (χ0) is 30.3. The van der Waals surface area contributed by atoms with Gasteiger partial charge in [-0.15, -0.1) is 0 Å². The zero-order valence-electron chi connectivity index (χ0n) is 24.0. The number of hydrogen-bond donors (Lipinski definition) is 1. The highest BCUT2D eigenvalue weighted by Gasteiger charge is 2.33. The Morgan fingerprint density at radius 2 is 1.56 bits per heavy atom. The van der Waals surface area contributed by atoms with Crippen molar-refractivity contribution < 1.29 is 18.0 Å². The van der Waals surface area contributed by atoms with Gasteiger partial charge < -0.3 is 10.2 Å². The molecule has 0 radical (unpaired) electrons. The molecule has 2 amide bonds. The number of amides is 2. The van der Waals surface area contributed by atoms with E-state index in [4.69, 9.17) is 23.2 Å². The zero-order valence-corrected chi connectivity index (χ0v) is 26.4. The van der Waals surface area contributed by atoms with E-state index in [1.165, 1.54) is 4.90 Å². The lowest BCUT2D eigenvalue weighted by Crippen LogP contribution is -2.53. The molecule has 0 aliphatic rings. The molecule has 220 valence electrons. The average molecular weight is 619 g/mol. The maximum Gasteiger partial charge on any atom is 0.244 e. The van der Waals surface area contributed by atoms with Crippen molar-refractivity contribution in [3.63, 3.8) is 0 Å². The summed E-state index contributed by atoms with van der Waals surface area (Å²) in [4.78, 5) is 29.3. The van der Waals surface area contributed by atoms with E-state index in [0.717, 1.165) is 27.3 Å². The summed E-state index contributed by atoms with van der Waals surface area (Å²) in [6, 6.07) is 18.8. The second-order valence-electron chi connectivity index (χ2n) is 10.7. The van der Waals surface area contributed by atoms with Gasteiger partial charge in [-0.3, -0.25) is 13.9 Å².